The van der Waals surface area contributed by atoms with Crippen LogP contribution >= 0.6 is 11.3 Å². The highest BCUT2D eigenvalue weighted by molar-refractivity contribution is 7.16. The van der Waals surface area contributed by atoms with Crippen LogP contribution in [-0.4, -0.2) is 16.0 Å². The summed E-state index contributed by atoms with van der Waals surface area (Å²) in [7, 11) is 0. The van der Waals surface area contributed by atoms with E-state index in [9.17, 15) is 0 Å². The Morgan fingerprint density at radius 1 is 1.42 bits per heavy atom. The first-order chi connectivity index (χ1) is 9.10. The fourth-order valence-corrected chi connectivity index (χ4v) is 3.55. The Morgan fingerprint density at radius 2 is 2.26 bits per heavy atom. The molecular weight excluding hydrogens is 258 g/mol. The van der Waals surface area contributed by atoms with Crippen LogP contribution in [0.15, 0.2) is 11.4 Å². The molecule has 6 heteroatoms. The number of nitrogen functional groups attached to an aromatic ring is 1. The first kappa shape index (κ1) is 12.6. The van der Waals surface area contributed by atoms with Crippen molar-refractivity contribution in [3.63, 3.8) is 0 Å². The molecule has 2 aromatic heterocycles. The molecule has 0 saturated heterocycles. The van der Waals surface area contributed by atoms with Crippen molar-refractivity contribution in [1.29, 1.82) is 0 Å². The summed E-state index contributed by atoms with van der Waals surface area (Å²) in [5.41, 5.74) is 2.85. The largest absolute Gasteiger partial charge is 0.366 e. The summed E-state index contributed by atoms with van der Waals surface area (Å²) in [5.74, 6) is 6.80. The highest BCUT2D eigenvalue weighted by Crippen LogP contribution is 2.40. The van der Waals surface area contributed by atoms with Crippen LogP contribution in [0.2, 0.25) is 0 Å². The number of nitrogens with one attached hydrogen (secondary N) is 2. The summed E-state index contributed by atoms with van der Waals surface area (Å²) in [4.78, 5) is 9.79. The number of hydrogen-bond donors (Lipinski definition) is 3. The van der Waals surface area contributed by atoms with Crippen LogP contribution < -0.4 is 16.6 Å². The van der Waals surface area contributed by atoms with Gasteiger partial charge in [-0.2, -0.15) is 4.98 Å². The summed E-state index contributed by atoms with van der Waals surface area (Å²) < 4.78 is 0. The van der Waals surface area contributed by atoms with E-state index < -0.39 is 0 Å². The van der Waals surface area contributed by atoms with Gasteiger partial charge in [-0.1, -0.05) is 20.3 Å². The van der Waals surface area contributed by atoms with Crippen LogP contribution in [0.4, 0.5) is 11.8 Å². The Labute approximate surface area is 116 Å². The summed E-state index contributed by atoms with van der Waals surface area (Å²) in [5, 5.41) is 6.70. The molecule has 0 bridgehead atoms. The van der Waals surface area contributed by atoms with Gasteiger partial charge in [0.2, 0.25) is 5.95 Å². The lowest BCUT2D eigenvalue weighted by atomic mass is 9.87. The topological polar surface area (TPSA) is 75.9 Å². The Bertz CT molecular complexity index is 592. The molecule has 0 radical (unpaired) electrons. The maximum Gasteiger partial charge on any atom is 0.240 e. The highest BCUT2D eigenvalue weighted by atomic mass is 32.1. The van der Waals surface area contributed by atoms with E-state index >= 15 is 0 Å². The van der Waals surface area contributed by atoms with Crippen LogP contribution in [0.3, 0.4) is 0 Å². The third-order valence-corrected chi connectivity index (χ3v) is 4.83. The number of anilines is 2. The first-order valence-electron chi connectivity index (χ1n) is 6.58. The molecule has 2 heterocycles. The van der Waals surface area contributed by atoms with Crippen LogP contribution in [0, 0.1) is 5.41 Å². The zero-order chi connectivity index (χ0) is 13.5. The molecule has 3 rings (SSSR count). The molecular formula is C13H19N5S. The van der Waals surface area contributed by atoms with Gasteiger partial charge in [0.25, 0.3) is 0 Å². The van der Waals surface area contributed by atoms with Crippen molar-refractivity contribution in [3.8, 4) is 0 Å². The first-order valence-corrected chi connectivity index (χ1v) is 7.46. The summed E-state index contributed by atoms with van der Waals surface area (Å²) in [6.07, 6.45) is 3.71. The molecule has 102 valence electrons. The zero-order valence-electron chi connectivity index (χ0n) is 11.2. The minimum atomic E-state index is 0.309. The van der Waals surface area contributed by atoms with Crippen LogP contribution in [-0.2, 0) is 0 Å². The molecule has 0 amide bonds. The molecule has 1 aliphatic carbocycles. The Kier molecular flexibility index (Phi) is 3.06. The van der Waals surface area contributed by atoms with Crippen molar-refractivity contribution in [2.24, 2.45) is 11.3 Å². The van der Waals surface area contributed by atoms with Gasteiger partial charge in [-0.15, -0.1) is 11.3 Å². The number of thiophene rings is 1. The average Bonchev–Trinajstić information content (AvgIpc) is 2.96. The van der Waals surface area contributed by atoms with Gasteiger partial charge in [-0.05, 0) is 29.7 Å². The molecule has 1 unspecified atom stereocenters. The van der Waals surface area contributed by atoms with Crippen LogP contribution in [0.1, 0.15) is 33.1 Å². The van der Waals surface area contributed by atoms with Gasteiger partial charge in [-0.3, -0.25) is 5.43 Å². The highest BCUT2D eigenvalue weighted by Gasteiger charge is 2.34. The Balaban J connectivity index is 1.97. The van der Waals surface area contributed by atoms with Crippen molar-refractivity contribution < 1.29 is 0 Å². The van der Waals surface area contributed by atoms with Crippen molar-refractivity contribution >= 4 is 33.3 Å². The predicted molar refractivity (Wildman–Crippen MR) is 80.3 cm³/mol. The molecule has 5 nitrogen and oxygen atoms in total. The lowest BCUT2D eigenvalue weighted by molar-refractivity contribution is 0.349. The smallest absolute Gasteiger partial charge is 0.240 e. The molecule has 0 spiro atoms. The molecule has 1 fully saturated rings. The number of nitrogens with zero attached hydrogens (tertiary/aromatic N) is 2. The molecule has 1 atom stereocenters. The van der Waals surface area contributed by atoms with E-state index in [1.54, 1.807) is 11.3 Å². The van der Waals surface area contributed by atoms with Gasteiger partial charge >= 0.3 is 0 Å². The SMILES string of the molecule is CC1(C)CCCC1Nc1nc(NN)nc2sccc12. The normalized spacial score (nSPS) is 21.7. The summed E-state index contributed by atoms with van der Waals surface area (Å²) in [6, 6.07) is 2.51. The average molecular weight is 277 g/mol. The van der Waals surface area contributed by atoms with Gasteiger partial charge in [0.05, 0.1) is 5.39 Å². The van der Waals surface area contributed by atoms with Crippen molar-refractivity contribution in [1.82, 2.24) is 9.97 Å². The van der Waals surface area contributed by atoms with E-state index in [-0.39, 0.29) is 0 Å². The van der Waals surface area contributed by atoms with Gasteiger partial charge in [-0.25, -0.2) is 10.8 Å². The minimum Gasteiger partial charge on any atom is -0.366 e. The standard InChI is InChI=1S/C13H19N5S/c1-13(2)6-3-4-9(13)15-10-8-5-7-19-11(8)17-12(16-10)18-14/h5,7,9H,3-4,6,14H2,1-2H3,(H2,15,16,17,18). The fraction of sp³-hybridized carbons (Fsp3) is 0.538. The Morgan fingerprint density at radius 3 is 2.95 bits per heavy atom. The van der Waals surface area contributed by atoms with E-state index in [0.717, 1.165) is 16.0 Å². The molecule has 2 aromatic rings. The lowest BCUT2D eigenvalue weighted by Gasteiger charge is -2.28. The fourth-order valence-electron chi connectivity index (χ4n) is 2.79. The van der Waals surface area contributed by atoms with Crippen molar-refractivity contribution in [2.45, 2.75) is 39.2 Å². The number of fused-ring (bicyclic) bond motifs is 1. The quantitative estimate of drug-likeness (QED) is 0.594. The third kappa shape index (κ3) is 2.26. The van der Waals surface area contributed by atoms with Gasteiger partial charge < -0.3 is 5.32 Å². The van der Waals surface area contributed by atoms with E-state index in [1.807, 2.05) is 5.38 Å². The van der Waals surface area contributed by atoms with E-state index in [4.69, 9.17) is 5.84 Å². The second kappa shape index (κ2) is 4.61. The maximum absolute atomic E-state index is 5.44. The molecule has 19 heavy (non-hydrogen) atoms. The predicted octanol–water partition coefficient (Wildman–Crippen LogP) is 2.97. The maximum atomic E-state index is 5.44. The Hall–Kier alpha value is -1.40. The molecule has 1 saturated carbocycles. The lowest BCUT2D eigenvalue weighted by Crippen LogP contribution is -2.31. The number of hydrazine groups is 1. The molecule has 1 aliphatic rings. The van der Waals surface area contributed by atoms with E-state index in [0.29, 0.717) is 17.4 Å². The number of hydrogen-bond acceptors (Lipinski definition) is 6. The van der Waals surface area contributed by atoms with Crippen molar-refractivity contribution in [3.05, 3.63) is 11.4 Å². The molecule has 4 N–H and O–H groups in total. The van der Waals surface area contributed by atoms with Gasteiger partial charge in [0.1, 0.15) is 10.6 Å². The summed E-state index contributed by atoms with van der Waals surface area (Å²) >= 11 is 1.60. The van der Waals surface area contributed by atoms with E-state index in [1.165, 1.54) is 19.3 Å². The monoisotopic (exact) mass is 277 g/mol. The number of rotatable bonds is 3. The van der Waals surface area contributed by atoms with Crippen LogP contribution in [0.25, 0.3) is 10.2 Å². The third-order valence-electron chi connectivity index (χ3n) is 4.02. The molecule has 0 aromatic carbocycles. The summed E-state index contributed by atoms with van der Waals surface area (Å²) in [6.45, 7) is 4.62. The second-order valence-corrected chi connectivity index (χ2v) is 6.65. The molecule has 0 aliphatic heterocycles. The number of nitrogens with two attached hydrogens (primary N) is 1. The minimum absolute atomic E-state index is 0.309. The second-order valence-electron chi connectivity index (χ2n) is 5.76. The van der Waals surface area contributed by atoms with Crippen LogP contribution in [0.5, 0.6) is 0 Å². The van der Waals surface area contributed by atoms with Gasteiger partial charge in [0, 0.05) is 6.04 Å². The van der Waals surface area contributed by atoms with Gasteiger partial charge in [0.15, 0.2) is 0 Å². The zero-order valence-corrected chi connectivity index (χ0v) is 12.0. The number of aromatic nitrogens is 2. The van der Waals surface area contributed by atoms with Crippen molar-refractivity contribution in [2.75, 3.05) is 10.7 Å². The van der Waals surface area contributed by atoms with E-state index in [2.05, 4.69) is 40.6 Å².